The number of benzene rings is 1. The maximum Gasteiger partial charge on any atom is 0.416 e. The fourth-order valence-electron chi connectivity index (χ4n) is 2.07. The van der Waals surface area contributed by atoms with Crippen LogP contribution in [0.1, 0.15) is 35.7 Å². The predicted octanol–water partition coefficient (Wildman–Crippen LogP) is 4.59. The van der Waals surface area contributed by atoms with Crippen molar-refractivity contribution in [2.24, 2.45) is 5.92 Å². The molecule has 0 spiro atoms. The number of hydrogen-bond donors (Lipinski definition) is 2. The number of alkyl halides is 3. The van der Waals surface area contributed by atoms with E-state index < -0.39 is 11.7 Å². The highest BCUT2D eigenvalue weighted by molar-refractivity contribution is 6.33. The lowest BCUT2D eigenvalue weighted by Gasteiger charge is -2.13. The van der Waals surface area contributed by atoms with Gasteiger partial charge in [0.2, 0.25) is 0 Å². The zero-order valence-electron chi connectivity index (χ0n) is 14.4. The van der Waals surface area contributed by atoms with Gasteiger partial charge in [-0.2, -0.15) is 13.2 Å². The minimum Gasteiger partial charge on any atom is -0.350 e. The average Bonchev–Trinajstić information content (AvgIpc) is 2.53. The van der Waals surface area contributed by atoms with Crippen LogP contribution in [-0.2, 0) is 6.18 Å². The number of amides is 1. The normalized spacial score (nSPS) is 11.5. The third-order valence-electron chi connectivity index (χ3n) is 3.30. The van der Waals surface area contributed by atoms with E-state index in [1.807, 2.05) is 13.8 Å². The maximum atomic E-state index is 12.9. The van der Waals surface area contributed by atoms with E-state index in [4.69, 9.17) is 11.6 Å². The van der Waals surface area contributed by atoms with Gasteiger partial charge in [0.25, 0.3) is 5.91 Å². The summed E-state index contributed by atoms with van der Waals surface area (Å²) in [5.74, 6) is 0.354. The van der Waals surface area contributed by atoms with Crippen molar-refractivity contribution >= 4 is 29.0 Å². The van der Waals surface area contributed by atoms with Crippen molar-refractivity contribution in [2.45, 2.75) is 26.9 Å². The van der Waals surface area contributed by atoms with Gasteiger partial charge in [-0.15, -0.1) is 0 Å². The Morgan fingerprint density at radius 2 is 1.92 bits per heavy atom. The van der Waals surface area contributed by atoms with Crippen molar-refractivity contribution in [1.82, 2.24) is 15.3 Å². The molecule has 2 N–H and O–H groups in total. The minimum atomic E-state index is -4.50. The molecule has 0 atom stereocenters. The Morgan fingerprint density at radius 1 is 1.23 bits per heavy atom. The quantitative estimate of drug-likeness (QED) is 0.788. The molecule has 0 radical (unpaired) electrons. The Bertz CT molecular complexity index is 809. The lowest BCUT2D eigenvalue weighted by atomic mass is 10.2. The zero-order chi connectivity index (χ0) is 19.5. The van der Waals surface area contributed by atoms with Gasteiger partial charge >= 0.3 is 6.18 Å². The molecule has 0 aliphatic heterocycles. The van der Waals surface area contributed by atoms with Crippen LogP contribution in [0.3, 0.4) is 0 Å². The highest BCUT2D eigenvalue weighted by Gasteiger charge is 2.31. The van der Waals surface area contributed by atoms with E-state index in [1.54, 1.807) is 6.92 Å². The van der Waals surface area contributed by atoms with Crippen LogP contribution in [0.25, 0.3) is 0 Å². The molecule has 0 bridgehead atoms. The summed E-state index contributed by atoms with van der Waals surface area (Å²) in [6, 6.07) is 4.29. The Hall–Kier alpha value is -2.35. The molecule has 9 heteroatoms. The van der Waals surface area contributed by atoms with Gasteiger partial charge in [0.15, 0.2) is 0 Å². The molecule has 0 saturated heterocycles. The average molecular weight is 387 g/mol. The van der Waals surface area contributed by atoms with Crippen LogP contribution in [0.15, 0.2) is 24.3 Å². The van der Waals surface area contributed by atoms with Crippen molar-refractivity contribution in [2.75, 3.05) is 11.9 Å². The monoisotopic (exact) mass is 386 g/mol. The highest BCUT2D eigenvalue weighted by Crippen LogP contribution is 2.34. The molecule has 140 valence electrons. The molecule has 1 amide bonds. The Morgan fingerprint density at radius 3 is 2.54 bits per heavy atom. The number of carbonyl (C=O) groups excluding carboxylic acids is 1. The summed E-state index contributed by atoms with van der Waals surface area (Å²) < 4.78 is 38.6. The van der Waals surface area contributed by atoms with Crippen molar-refractivity contribution in [3.8, 4) is 0 Å². The largest absolute Gasteiger partial charge is 0.416 e. The maximum absolute atomic E-state index is 12.9. The van der Waals surface area contributed by atoms with E-state index in [9.17, 15) is 18.0 Å². The van der Waals surface area contributed by atoms with Gasteiger partial charge < -0.3 is 10.6 Å². The van der Waals surface area contributed by atoms with Gasteiger partial charge in [-0.3, -0.25) is 4.79 Å². The molecule has 0 saturated carbocycles. The minimum absolute atomic E-state index is 0.0353. The molecule has 1 heterocycles. The van der Waals surface area contributed by atoms with Crippen LogP contribution in [0.5, 0.6) is 0 Å². The van der Waals surface area contributed by atoms with Crippen LogP contribution < -0.4 is 10.6 Å². The standard InChI is InChI=1S/C17H18ClF3N4O/c1-9(2)8-22-16(26)14-7-15(24-10(3)23-14)25-13-6-11(17(19,20)21)4-5-12(13)18/h4-7,9H,8H2,1-3H3,(H,22,26)(H,23,24,25). The first-order valence-electron chi connectivity index (χ1n) is 7.84. The van der Waals surface area contributed by atoms with E-state index in [2.05, 4.69) is 20.6 Å². The fraction of sp³-hybridized carbons (Fsp3) is 0.353. The van der Waals surface area contributed by atoms with Gasteiger partial charge in [0, 0.05) is 12.6 Å². The second-order valence-corrected chi connectivity index (χ2v) is 6.51. The summed E-state index contributed by atoms with van der Waals surface area (Å²) in [5.41, 5.74) is -0.693. The van der Waals surface area contributed by atoms with Crippen molar-refractivity contribution < 1.29 is 18.0 Å². The van der Waals surface area contributed by atoms with Crippen molar-refractivity contribution in [1.29, 1.82) is 0 Å². The summed E-state index contributed by atoms with van der Waals surface area (Å²) in [4.78, 5) is 20.3. The van der Waals surface area contributed by atoms with Crippen molar-refractivity contribution in [3.05, 3.63) is 46.4 Å². The molecule has 5 nitrogen and oxygen atoms in total. The number of nitrogens with one attached hydrogen (secondary N) is 2. The van der Waals surface area contributed by atoms with E-state index in [0.29, 0.717) is 12.4 Å². The molecule has 0 aliphatic carbocycles. The molecular weight excluding hydrogens is 369 g/mol. The number of aryl methyl sites for hydroxylation is 1. The van der Waals surface area contributed by atoms with E-state index in [1.165, 1.54) is 6.07 Å². The highest BCUT2D eigenvalue weighted by atomic mass is 35.5. The SMILES string of the molecule is Cc1nc(Nc2cc(C(F)(F)F)ccc2Cl)cc(C(=O)NCC(C)C)n1. The number of carbonyl (C=O) groups is 1. The summed E-state index contributed by atoms with van der Waals surface area (Å²) in [7, 11) is 0. The van der Waals surface area contributed by atoms with Gasteiger partial charge in [-0.05, 0) is 31.0 Å². The Balaban J connectivity index is 2.29. The molecule has 26 heavy (non-hydrogen) atoms. The second kappa shape index (κ2) is 7.90. The van der Waals surface area contributed by atoms with Gasteiger partial charge in [-0.1, -0.05) is 25.4 Å². The molecular formula is C17H18ClF3N4O. The topological polar surface area (TPSA) is 66.9 Å². The lowest BCUT2D eigenvalue weighted by Crippen LogP contribution is -2.28. The molecule has 0 unspecified atom stereocenters. The molecule has 1 aromatic heterocycles. The summed E-state index contributed by atoms with van der Waals surface area (Å²) in [6.45, 7) is 5.96. The van der Waals surface area contributed by atoms with E-state index in [0.717, 1.165) is 18.2 Å². The third kappa shape index (κ3) is 5.32. The number of anilines is 2. The van der Waals surface area contributed by atoms with Gasteiger partial charge in [0.05, 0.1) is 16.3 Å². The van der Waals surface area contributed by atoms with Gasteiger partial charge in [-0.25, -0.2) is 9.97 Å². The summed E-state index contributed by atoms with van der Waals surface area (Å²) in [5, 5.41) is 5.55. The van der Waals surface area contributed by atoms with Crippen LogP contribution in [0, 0.1) is 12.8 Å². The van der Waals surface area contributed by atoms with E-state index in [-0.39, 0.29) is 34.0 Å². The second-order valence-electron chi connectivity index (χ2n) is 6.11. The smallest absolute Gasteiger partial charge is 0.350 e. The number of aromatic nitrogens is 2. The fourth-order valence-corrected chi connectivity index (χ4v) is 2.24. The van der Waals surface area contributed by atoms with Gasteiger partial charge in [0.1, 0.15) is 17.3 Å². The zero-order valence-corrected chi connectivity index (χ0v) is 15.2. The molecule has 1 aromatic carbocycles. The molecule has 0 fully saturated rings. The number of nitrogens with zero attached hydrogens (tertiary/aromatic N) is 2. The number of hydrogen-bond acceptors (Lipinski definition) is 4. The predicted molar refractivity (Wildman–Crippen MR) is 93.7 cm³/mol. The van der Waals surface area contributed by atoms with Crippen molar-refractivity contribution in [3.63, 3.8) is 0 Å². The number of rotatable bonds is 5. The molecule has 2 aromatic rings. The lowest BCUT2D eigenvalue weighted by molar-refractivity contribution is -0.137. The first kappa shape index (κ1) is 20.0. The number of halogens is 4. The molecule has 0 aliphatic rings. The van der Waals surface area contributed by atoms with Crippen LogP contribution >= 0.6 is 11.6 Å². The van der Waals surface area contributed by atoms with Crippen LogP contribution in [-0.4, -0.2) is 22.4 Å². The Kier molecular flexibility index (Phi) is 6.07. The van der Waals surface area contributed by atoms with E-state index >= 15 is 0 Å². The van der Waals surface area contributed by atoms with Crippen LogP contribution in [0.2, 0.25) is 5.02 Å². The first-order valence-corrected chi connectivity index (χ1v) is 8.21. The first-order chi connectivity index (χ1) is 12.1. The molecule has 2 rings (SSSR count). The Labute approximate surface area is 154 Å². The summed E-state index contributed by atoms with van der Waals surface area (Å²) >= 11 is 5.97. The summed E-state index contributed by atoms with van der Waals surface area (Å²) in [6.07, 6.45) is -4.50. The van der Waals surface area contributed by atoms with Crippen LogP contribution in [0.4, 0.5) is 24.7 Å². The third-order valence-corrected chi connectivity index (χ3v) is 3.63.